The zero-order chi connectivity index (χ0) is 12.1. The predicted octanol–water partition coefficient (Wildman–Crippen LogP) is 5.01. The quantitative estimate of drug-likeness (QED) is 0.689. The van der Waals surface area contributed by atoms with Crippen molar-refractivity contribution in [1.82, 2.24) is 0 Å². The van der Waals surface area contributed by atoms with Gasteiger partial charge in [0.2, 0.25) is 0 Å². The second kappa shape index (κ2) is 6.60. The molecule has 0 aromatic heterocycles. The molecule has 0 spiro atoms. The average molecular weight is 309 g/mol. The standard InChI is InChI=1S/C12H15BrF2S/c1-3-8(2)6-16-7-9-11(14)5-4-10(13)12(9)15/h4-5,8H,3,6-7H2,1-2H3. The molecule has 0 saturated heterocycles. The Bertz CT molecular complexity index is 355. The smallest absolute Gasteiger partial charge is 0.144 e. The third-order valence-electron chi connectivity index (χ3n) is 2.48. The number of halogens is 3. The lowest BCUT2D eigenvalue weighted by molar-refractivity contribution is 0.561. The molecular weight excluding hydrogens is 294 g/mol. The maximum Gasteiger partial charge on any atom is 0.144 e. The van der Waals surface area contributed by atoms with Gasteiger partial charge in [-0.05, 0) is 39.7 Å². The fourth-order valence-corrected chi connectivity index (χ4v) is 2.78. The second-order valence-corrected chi connectivity index (χ2v) is 5.73. The van der Waals surface area contributed by atoms with Gasteiger partial charge in [0.1, 0.15) is 11.6 Å². The zero-order valence-corrected chi connectivity index (χ0v) is 11.8. The topological polar surface area (TPSA) is 0 Å². The summed E-state index contributed by atoms with van der Waals surface area (Å²) in [6, 6.07) is 2.69. The maximum absolute atomic E-state index is 13.6. The Hall–Kier alpha value is -0.0900. The van der Waals surface area contributed by atoms with E-state index in [2.05, 4.69) is 29.8 Å². The van der Waals surface area contributed by atoms with Crippen LogP contribution in [0.2, 0.25) is 0 Å². The molecule has 0 amide bonds. The Morgan fingerprint density at radius 1 is 1.38 bits per heavy atom. The van der Waals surface area contributed by atoms with Crippen molar-refractivity contribution < 1.29 is 8.78 Å². The molecule has 0 nitrogen and oxygen atoms in total. The van der Waals surface area contributed by atoms with E-state index >= 15 is 0 Å². The van der Waals surface area contributed by atoms with Crippen molar-refractivity contribution in [1.29, 1.82) is 0 Å². The van der Waals surface area contributed by atoms with Crippen LogP contribution in [0.3, 0.4) is 0 Å². The highest BCUT2D eigenvalue weighted by Crippen LogP contribution is 2.26. The summed E-state index contributed by atoms with van der Waals surface area (Å²) in [6.45, 7) is 4.26. The molecule has 1 aromatic rings. The van der Waals surface area contributed by atoms with E-state index in [0.717, 1.165) is 12.2 Å². The molecule has 1 atom stereocenters. The van der Waals surface area contributed by atoms with Gasteiger partial charge in [-0.25, -0.2) is 8.78 Å². The molecule has 0 fully saturated rings. The second-order valence-electron chi connectivity index (χ2n) is 3.85. The molecular formula is C12H15BrF2S. The van der Waals surface area contributed by atoms with Crippen LogP contribution in [0.5, 0.6) is 0 Å². The number of thioether (sulfide) groups is 1. The first-order valence-corrected chi connectivity index (χ1v) is 7.21. The van der Waals surface area contributed by atoms with Crippen molar-refractivity contribution in [2.24, 2.45) is 5.92 Å². The first kappa shape index (κ1) is 14.0. The highest BCUT2D eigenvalue weighted by atomic mass is 79.9. The summed E-state index contributed by atoms with van der Waals surface area (Å²) in [6.07, 6.45) is 1.09. The van der Waals surface area contributed by atoms with Gasteiger partial charge in [-0.1, -0.05) is 20.3 Å². The molecule has 0 aliphatic rings. The van der Waals surface area contributed by atoms with E-state index in [-0.39, 0.29) is 5.56 Å². The lowest BCUT2D eigenvalue weighted by Crippen LogP contribution is -1.99. The van der Waals surface area contributed by atoms with Crippen LogP contribution >= 0.6 is 27.7 Å². The molecule has 0 saturated carbocycles. The first-order valence-electron chi connectivity index (χ1n) is 5.26. The Morgan fingerprint density at radius 2 is 2.06 bits per heavy atom. The summed E-state index contributed by atoms with van der Waals surface area (Å²) < 4.78 is 27.3. The number of hydrogen-bond donors (Lipinski definition) is 0. The molecule has 16 heavy (non-hydrogen) atoms. The van der Waals surface area contributed by atoms with Crippen LogP contribution in [0.15, 0.2) is 16.6 Å². The highest BCUT2D eigenvalue weighted by Gasteiger charge is 2.12. The predicted molar refractivity (Wildman–Crippen MR) is 69.7 cm³/mol. The molecule has 0 bridgehead atoms. The summed E-state index contributed by atoms with van der Waals surface area (Å²) in [5.74, 6) is 0.973. The van der Waals surface area contributed by atoms with Gasteiger partial charge in [0, 0.05) is 11.3 Å². The minimum atomic E-state index is -0.475. The Labute approximate surface area is 108 Å². The van der Waals surface area contributed by atoms with Crippen LogP contribution in [0.4, 0.5) is 8.78 Å². The SMILES string of the molecule is CCC(C)CSCc1c(F)ccc(Br)c1F. The van der Waals surface area contributed by atoms with E-state index in [9.17, 15) is 8.78 Å². The summed E-state index contributed by atoms with van der Waals surface area (Å²) in [5, 5.41) is 0. The van der Waals surface area contributed by atoms with Crippen LogP contribution < -0.4 is 0 Å². The van der Waals surface area contributed by atoms with Gasteiger partial charge < -0.3 is 0 Å². The van der Waals surface area contributed by atoms with Gasteiger partial charge >= 0.3 is 0 Å². The molecule has 0 aliphatic carbocycles. The normalized spacial score (nSPS) is 12.8. The number of benzene rings is 1. The maximum atomic E-state index is 13.6. The van der Waals surface area contributed by atoms with Gasteiger partial charge in [0.25, 0.3) is 0 Å². The Balaban J connectivity index is 2.63. The third-order valence-corrected chi connectivity index (χ3v) is 4.39. The van der Waals surface area contributed by atoms with Gasteiger partial charge in [-0.3, -0.25) is 0 Å². The molecule has 1 aromatic carbocycles. The van der Waals surface area contributed by atoms with Crippen molar-refractivity contribution in [2.75, 3.05) is 5.75 Å². The average Bonchev–Trinajstić information content (AvgIpc) is 2.28. The van der Waals surface area contributed by atoms with Crippen LogP contribution in [-0.4, -0.2) is 5.75 Å². The number of hydrogen-bond acceptors (Lipinski definition) is 1. The van der Waals surface area contributed by atoms with Crippen molar-refractivity contribution >= 4 is 27.7 Å². The molecule has 4 heteroatoms. The highest BCUT2D eigenvalue weighted by molar-refractivity contribution is 9.10. The lowest BCUT2D eigenvalue weighted by Gasteiger charge is -2.09. The van der Waals surface area contributed by atoms with Crippen molar-refractivity contribution in [3.8, 4) is 0 Å². The minimum absolute atomic E-state index is 0.169. The largest absolute Gasteiger partial charge is 0.207 e. The molecule has 0 heterocycles. The van der Waals surface area contributed by atoms with Crippen LogP contribution in [0, 0.1) is 17.6 Å². The van der Waals surface area contributed by atoms with Crippen molar-refractivity contribution in [3.05, 3.63) is 33.8 Å². The molecule has 1 rings (SSSR count). The fourth-order valence-electron chi connectivity index (χ4n) is 1.18. The number of rotatable bonds is 5. The summed E-state index contributed by atoms with van der Waals surface area (Å²) in [5.41, 5.74) is 0.169. The molecule has 90 valence electrons. The van der Waals surface area contributed by atoms with Crippen molar-refractivity contribution in [2.45, 2.75) is 26.0 Å². The zero-order valence-electron chi connectivity index (χ0n) is 9.40. The Morgan fingerprint density at radius 3 is 2.69 bits per heavy atom. The van der Waals surface area contributed by atoms with Gasteiger partial charge in [-0.2, -0.15) is 11.8 Å². The van der Waals surface area contributed by atoms with Gasteiger partial charge in [0.15, 0.2) is 0 Å². The van der Waals surface area contributed by atoms with Gasteiger partial charge in [-0.15, -0.1) is 0 Å². The molecule has 1 unspecified atom stereocenters. The van der Waals surface area contributed by atoms with E-state index in [1.165, 1.54) is 12.1 Å². The molecule has 0 N–H and O–H groups in total. The van der Waals surface area contributed by atoms with Gasteiger partial charge in [0.05, 0.1) is 4.47 Å². The van der Waals surface area contributed by atoms with E-state index in [4.69, 9.17) is 0 Å². The van der Waals surface area contributed by atoms with E-state index in [1.54, 1.807) is 11.8 Å². The van der Waals surface area contributed by atoms with E-state index < -0.39 is 11.6 Å². The van der Waals surface area contributed by atoms with Crippen molar-refractivity contribution in [3.63, 3.8) is 0 Å². The molecule has 0 radical (unpaired) electrons. The van der Waals surface area contributed by atoms with Crippen LogP contribution in [0.1, 0.15) is 25.8 Å². The summed E-state index contributed by atoms with van der Waals surface area (Å²) >= 11 is 4.64. The summed E-state index contributed by atoms with van der Waals surface area (Å²) in [4.78, 5) is 0. The Kier molecular flexibility index (Phi) is 5.76. The van der Waals surface area contributed by atoms with Crippen LogP contribution in [-0.2, 0) is 5.75 Å². The third kappa shape index (κ3) is 3.74. The van der Waals surface area contributed by atoms with E-state index in [1.807, 2.05) is 0 Å². The van der Waals surface area contributed by atoms with Crippen LogP contribution in [0.25, 0.3) is 0 Å². The fraction of sp³-hybridized carbons (Fsp3) is 0.500. The monoisotopic (exact) mass is 308 g/mol. The minimum Gasteiger partial charge on any atom is -0.207 e. The first-order chi connectivity index (χ1) is 7.56. The van der Waals surface area contributed by atoms with E-state index in [0.29, 0.717) is 16.1 Å². The lowest BCUT2D eigenvalue weighted by atomic mass is 10.2. The summed E-state index contributed by atoms with van der Waals surface area (Å²) in [7, 11) is 0. The molecule has 0 aliphatic heterocycles.